The van der Waals surface area contributed by atoms with Crippen LogP contribution in [-0.4, -0.2) is 67.5 Å². The van der Waals surface area contributed by atoms with Crippen molar-refractivity contribution in [2.24, 2.45) is 10.9 Å². The Morgan fingerprint density at radius 1 is 1.28 bits per heavy atom. The lowest BCUT2D eigenvalue weighted by molar-refractivity contribution is -0.0817. The summed E-state index contributed by atoms with van der Waals surface area (Å²) < 4.78 is 17.6. The topological polar surface area (TPSA) is 68.2 Å². The van der Waals surface area contributed by atoms with E-state index in [0.29, 0.717) is 19.0 Å². The smallest absolute Gasteiger partial charge is 0.213 e. The number of aromatic nitrogens is 1. The highest BCUT2D eigenvalue weighted by atomic mass is 127. The third kappa shape index (κ3) is 6.68. The maximum Gasteiger partial charge on any atom is 0.213 e. The van der Waals surface area contributed by atoms with Gasteiger partial charge in [-0.25, -0.2) is 9.98 Å². The molecule has 3 aliphatic rings. The fraction of sp³-hybridized carbons (Fsp3) is 0.714. The summed E-state index contributed by atoms with van der Waals surface area (Å²) in [6, 6.07) is 4.01. The van der Waals surface area contributed by atoms with E-state index in [0.717, 1.165) is 63.1 Å². The highest BCUT2D eigenvalue weighted by Gasteiger charge is 2.32. The number of rotatable bonds is 7. The molecule has 1 aliphatic carbocycles. The molecule has 162 valence electrons. The fourth-order valence-electron chi connectivity index (χ4n) is 3.70. The molecule has 3 fully saturated rings. The van der Waals surface area contributed by atoms with Crippen LogP contribution in [0.5, 0.6) is 5.88 Å². The van der Waals surface area contributed by atoms with Crippen molar-refractivity contribution >= 4 is 29.9 Å². The molecule has 0 spiro atoms. The zero-order valence-electron chi connectivity index (χ0n) is 17.2. The van der Waals surface area contributed by atoms with Crippen LogP contribution in [0.3, 0.4) is 0 Å². The molecule has 7 nitrogen and oxygen atoms in total. The van der Waals surface area contributed by atoms with E-state index < -0.39 is 0 Å². The first-order valence-corrected chi connectivity index (χ1v) is 10.7. The number of hydrogen-bond acceptors (Lipinski definition) is 5. The van der Waals surface area contributed by atoms with Gasteiger partial charge in [0, 0.05) is 38.5 Å². The van der Waals surface area contributed by atoms with Gasteiger partial charge in [0.05, 0.1) is 25.9 Å². The Hall–Kier alpha value is -1.13. The van der Waals surface area contributed by atoms with Crippen LogP contribution in [-0.2, 0) is 16.0 Å². The highest BCUT2D eigenvalue weighted by molar-refractivity contribution is 14.0. The lowest BCUT2D eigenvalue weighted by Gasteiger charge is -2.37. The van der Waals surface area contributed by atoms with Gasteiger partial charge < -0.3 is 24.4 Å². The first-order chi connectivity index (χ1) is 13.8. The van der Waals surface area contributed by atoms with E-state index in [9.17, 15) is 0 Å². The summed E-state index contributed by atoms with van der Waals surface area (Å²) in [5.74, 6) is 2.36. The molecular weight excluding hydrogens is 483 g/mol. The van der Waals surface area contributed by atoms with E-state index in [1.54, 1.807) is 0 Å². The summed E-state index contributed by atoms with van der Waals surface area (Å²) in [4.78, 5) is 11.5. The van der Waals surface area contributed by atoms with Crippen LogP contribution >= 0.6 is 24.0 Å². The second-order valence-corrected chi connectivity index (χ2v) is 7.83. The second-order valence-electron chi connectivity index (χ2n) is 7.83. The lowest BCUT2D eigenvalue weighted by atomic mass is 10.1. The molecule has 0 aromatic carbocycles. The van der Waals surface area contributed by atoms with Gasteiger partial charge in [0.2, 0.25) is 5.88 Å². The van der Waals surface area contributed by atoms with E-state index in [1.807, 2.05) is 18.3 Å². The maximum atomic E-state index is 5.98. The Kier molecular flexibility index (Phi) is 8.80. The molecule has 2 unspecified atom stereocenters. The van der Waals surface area contributed by atoms with Crippen LogP contribution in [0.2, 0.25) is 0 Å². The van der Waals surface area contributed by atoms with Crippen molar-refractivity contribution in [3.8, 4) is 5.88 Å². The minimum Gasteiger partial charge on any atom is -0.477 e. The Labute approximate surface area is 190 Å². The van der Waals surface area contributed by atoms with Crippen molar-refractivity contribution in [2.45, 2.75) is 51.4 Å². The van der Waals surface area contributed by atoms with Gasteiger partial charge in [0.1, 0.15) is 6.10 Å². The molecule has 0 radical (unpaired) electrons. The van der Waals surface area contributed by atoms with Gasteiger partial charge in [0.15, 0.2) is 5.96 Å². The number of ether oxygens (including phenoxy) is 3. The SMILES string of the molecule is CCNC(=NCc1ccnc(OCC2CC2)c1)N1CCOC(C2CCCO2)C1.I. The summed E-state index contributed by atoms with van der Waals surface area (Å²) in [6.45, 7) is 7.56. The average Bonchev–Trinajstić information content (AvgIpc) is 3.40. The van der Waals surface area contributed by atoms with Gasteiger partial charge in [-0.1, -0.05) is 0 Å². The Balaban J connectivity index is 0.00000240. The summed E-state index contributed by atoms with van der Waals surface area (Å²) in [5.41, 5.74) is 1.11. The maximum absolute atomic E-state index is 5.98. The quantitative estimate of drug-likeness (QED) is 0.342. The molecule has 2 atom stereocenters. The highest BCUT2D eigenvalue weighted by Crippen LogP contribution is 2.29. The number of pyridine rings is 1. The minimum absolute atomic E-state index is 0. The zero-order valence-corrected chi connectivity index (χ0v) is 19.5. The molecule has 1 aromatic heterocycles. The van der Waals surface area contributed by atoms with Crippen LogP contribution in [0.4, 0.5) is 0 Å². The average molecular weight is 516 g/mol. The number of hydrogen-bond donors (Lipinski definition) is 1. The predicted molar refractivity (Wildman–Crippen MR) is 123 cm³/mol. The third-order valence-corrected chi connectivity index (χ3v) is 5.48. The lowest BCUT2D eigenvalue weighted by Crippen LogP contribution is -2.53. The van der Waals surface area contributed by atoms with Crippen LogP contribution in [0.15, 0.2) is 23.3 Å². The van der Waals surface area contributed by atoms with Gasteiger partial charge in [-0.15, -0.1) is 24.0 Å². The van der Waals surface area contributed by atoms with Crippen molar-refractivity contribution < 1.29 is 14.2 Å². The van der Waals surface area contributed by atoms with Gasteiger partial charge in [-0.05, 0) is 50.2 Å². The van der Waals surface area contributed by atoms with E-state index in [-0.39, 0.29) is 36.2 Å². The van der Waals surface area contributed by atoms with E-state index in [4.69, 9.17) is 19.2 Å². The van der Waals surface area contributed by atoms with Crippen molar-refractivity contribution in [3.05, 3.63) is 23.9 Å². The van der Waals surface area contributed by atoms with Crippen LogP contribution in [0.1, 0.15) is 38.2 Å². The zero-order chi connectivity index (χ0) is 19.2. The molecule has 3 heterocycles. The first-order valence-electron chi connectivity index (χ1n) is 10.7. The number of nitrogens with zero attached hydrogens (tertiary/aromatic N) is 3. The van der Waals surface area contributed by atoms with Gasteiger partial charge >= 0.3 is 0 Å². The van der Waals surface area contributed by atoms with Crippen LogP contribution < -0.4 is 10.1 Å². The van der Waals surface area contributed by atoms with E-state index in [1.165, 1.54) is 12.8 Å². The Morgan fingerprint density at radius 3 is 2.90 bits per heavy atom. The van der Waals surface area contributed by atoms with Crippen molar-refractivity contribution in [1.29, 1.82) is 0 Å². The van der Waals surface area contributed by atoms with Gasteiger partial charge in [-0.3, -0.25) is 0 Å². The second kappa shape index (κ2) is 11.3. The number of guanidine groups is 1. The van der Waals surface area contributed by atoms with Gasteiger partial charge in [0.25, 0.3) is 0 Å². The molecule has 4 rings (SSSR count). The number of aliphatic imine (C=N–C) groups is 1. The minimum atomic E-state index is 0. The molecule has 8 heteroatoms. The number of halogens is 1. The largest absolute Gasteiger partial charge is 0.477 e. The summed E-state index contributed by atoms with van der Waals surface area (Å²) in [7, 11) is 0. The third-order valence-electron chi connectivity index (χ3n) is 5.48. The first kappa shape index (κ1) is 22.6. The predicted octanol–water partition coefficient (Wildman–Crippen LogP) is 2.83. The molecule has 0 amide bonds. The van der Waals surface area contributed by atoms with Crippen LogP contribution in [0, 0.1) is 5.92 Å². The fourth-order valence-corrected chi connectivity index (χ4v) is 3.70. The molecular formula is C21H33IN4O3. The standard InChI is InChI=1S/C21H32N4O3.HI/c1-2-22-21(25-9-11-27-19(14-25)18-4-3-10-26-18)24-13-17-7-8-23-20(12-17)28-15-16-5-6-16;/h7-8,12,16,18-19H,2-6,9-11,13-15H2,1H3,(H,22,24);1H. The summed E-state index contributed by atoms with van der Waals surface area (Å²) >= 11 is 0. The number of nitrogens with one attached hydrogen (secondary N) is 1. The monoisotopic (exact) mass is 516 g/mol. The van der Waals surface area contributed by atoms with Crippen LogP contribution in [0.25, 0.3) is 0 Å². The Bertz CT molecular complexity index is 665. The molecule has 2 aliphatic heterocycles. The molecule has 1 aromatic rings. The molecule has 0 bridgehead atoms. The van der Waals surface area contributed by atoms with Gasteiger partial charge in [-0.2, -0.15) is 0 Å². The van der Waals surface area contributed by atoms with Crippen molar-refractivity contribution in [1.82, 2.24) is 15.2 Å². The normalized spacial score (nSPS) is 24.9. The van der Waals surface area contributed by atoms with Crippen molar-refractivity contribution in [2.75, 3.05) is 39.5 Å². The summed E-state index contributed by atoms with van der Waals surface area (Å²) in [5, 5.41) is 3.43. The molecule has 2 saturated heterocycles. The summed E-state index contributed by atoms with van der Waals surface area (Å²) in [6.07, 6.45) is 6.94. The molecule has 29 heavy (non-hydrogen) atoms. The van der Waals surface area contributed by atoms with E-state index >= 15 is 0 Å². The number of morpholine rings is 1. The molecule has 1 saturated carbocycles. The van der Waals surface area contributed by atoms with Crippen molar-refractivity contribution in [3.63, 3.8) is 0 Å². The molecule has 1 N–H and O–H groups in total. The Morgan fingerprint density at radius 2 is 2.14 bits per heavy atom. The van der Waals surface area contributed by atoms with E-state index in [2.05, 4.69) is 22.1 Å².